The van der Waals surface area contributed by atoms with E-state index in [2.05, 4.69) is 17.0 Å². The van der Waals surface area contributed by atoms with Gasteiger partial charge in [-0.2, -0.15) is 0 Å². The van der Waals surface area contributed by atoms with Crippen LogP contribution in [0.25, 0.3) is 5.69 Å². The van der Waals surface area contributed by atoms with Gasteiger partial charge in [0.15, 0.2) is 0 Å². The van der Waals surface area contributed by atoms with E-state index >= 15 is 0 Å². The summed E-state index contributed by atoms with van der Waals surface area (Å²) in [4.78, 5) is 18.9. The summed E-state index contributed by atoms with van der Waals surface area (Å²) in [6, 6.07) is 15.7. The lowest BCUT2D eigenvalue weighted by Crippen LogP contribution is -2.28. The quantitative estimate of drug-likeness (QED) is 0.593. The first-order chi connectivity index (χ1) is 14.3. The summed E-state index contributed by atoms with van der Waals surface area (Å²) >= 11 is 0. The smallest absolute Gasteiger partial charge is 0.293 e. The van der Waals surface area contributed by atoms with Crippen LogP contribution in [0.2, 0.25) is 0 Å². The molecular formula is C21H25N5O3S. The molecule has 0 unspecified atom stereocenters. The van der Waals surface area contributed by atoms with Gasteiger partial charge in [-0.25, -0.2) is 23.2 Å². The van der Waals surface area contributed by atoms with Gasteiger partial charge in [-0.1, -0.05) is 43.7 Å². The van der Waals surface area contributed by atoms with Gasteiger partial charge in [0.2, 0.25) is 15.8 Å². The molecule has 30 heavy (non-hydrogen) atoms. The molecule has 0 aliphatic carbocycles. The highest BCUT2D eigenvalue weighted by molar-refractivity contribution is 7.89. The number of rotatable bonds is 8. The average Bonchev–Trinajstić information content (AvgIpc) is 3.15. The maximum absolute atomic E-state index is 12.8. The van der Waals surface area contributed by atoms with Gasteiger partial charge >= 0.3 is 0 Å². The van der Waals surface area contributed by atoms with Crippen molar-refractivity contribution in [1.82, 2.24) is 19.7 Å². The van der Waals surface area contributed by atoms with E-state index in [4.69, 9.17) is 5.14 Å². The van der Waals surface area contributed by atoms with Crippen LogP contribution in [-0.2, 0) is 16.4 Å². The monoisotopic (exact) mass is 427 g/mol. The van der Waals surface area contributed by atoms with Crippen molar-refractivity contribution < 1.29 is 13.2 Å². The summed E-state index contributed by atoms with van der Waals surface area (Å²) in [5.74, 6) is 0.435. The Morgan fingerprint density at radius 2 is 1.77 bits per heavy atom. The van der Waals surface area contributed by atoms with Crippen molar-refractivity contribution in [3.63, 3.8) is 0 Å². The van der Waals surface area contributed by atoms with E-state index in [-0.39, 0.29) is 16.6 Å². The van der Waals surface area contributed by atoms with E-state index in [1.807, 2.05) is 30.3 Å². The number of hydrogen-bond donors (Lipinski definition) is 1. The first-order valence-corrected chi connectivity index (χ1v) is 11.2. The minimum atomic E-state index is -3.79. The highest BCUT2D eigenvalue weighted by Gasteiger charge is 2.21. The van der Waals surface area contributed by atoms with Crippen LogP contribution in [0.4, 0.5) is 0 Å². The zero-order valence-electron chi connectivity index (χ0n) is 17.0. The Labute approximate surface area is 176 Å². The molecule has 8 nitrogen and oxygen atoms in total. The zero-order chi connectivity index (χ0) is 21.7. The molecule has 1 amide bonds. The molecule has 1 heterocycles. The van der Waals surface area contributed by atoms with Crippen LogP contribution in [0.3, 0.4) is 0 Å². The third-order valence-electron chi connectivity index (χ3n) is 4.67. The highest BCUT2D eigenvalue weighted by Crippen LogP contribution is 2.17. The number of sulfonamides is 1. The minimum Gasteiger partial charge on any atom is -0.339 e. The first kappa shape index (κ1) is 21.7. The lowest BCUT2D eigenvalue weighted by molar-refractivity contribution is 0.0781. The molecule has 0 saturated carbocycles. The maximum atomic E-state index is 12.8. The molecule has 0 atom stereocenters. The topological polar surface area (TPSA) is 111 Å². The number of hydrogen-bond acceptors (Lipinski definition) is 5. The lowest BCUT2D eigenvalue weighted by Gasteiger charge is -2.14. The minimum absolute atomic E-state index is 0.00609. The van der Waals surface area contributed by atoms with Crippen LogP contribution in [0, 0.1) is 0 Å². The van der Waals surface area contributed by atoms with Crippen molar-refractivity contribution in [3.05, 3.63) is 71.8 Å². The molecule has 0 saturated heterocycles. The van der Waals surface area contributed by atoms with Gasteiger partial charge in [0.25, 0.3) is 5.91 Å². The van der Waals surface area contributed by atoms with Gasteiger partial charge in [0.05, 0.1) is 10.6 Å². The van der Waals surface area contributed by atoms with Gasteiger partial charge in [-0.15, -0.1) is 5.10 Å². The van der Waals surface area contributed by atoms with Crippen LogP contribution in [-0.4, -0.2) is 47.6 Å². The van der Waals surface area contributed by atoms with E-state index in [1.165, 1.54) is 12.1 Å². The summed E-state index contributed by atoms with van der Waals surface area (Å²) in [6.07, 6.45) is 2.35. The van der Waals surface area contributed by atoms with Crippen LogP contribution < -0.4 is 5.14 Å². The number of benzene rings is 2. The average molecular weight is 428 g/mol. The largest absolute Gasteiger partial charge is 0.339 e. The van der Waals surface area contributed by atoms with Crippen molar-refractivity contribution in [2.45, 2.75) is 31.1 Å². The van der Waals surface area contributed by atoms with Gasteiger partial charge < -0.3 is 4.90 Å². The van der Waals surface area contributed by atoms with Crippen molar-refractivity contribution in [3.8, 4) is 5.69 Å². The molecule has 3 aromatic rings. The van der Waals surface area contributed by atoms with Crippen molar-refractivity contribution in [2.24, 2.45) is 5.14 Å². The molecular weight excluding hydrogens is 402 g/mol. The molecule has 3 rings (SSSR count). The third-order valence-corrected chi connectivity index (χ3v) is 5.60. The van der Waals surface area contributed by atoms with Crippen LogP contribution in [0.1, 0.15) is 41.8 Å². The van der Waals surface area contributed by atoms with Gasteiger partial charge in [-0.05, 0) is 36.2 Å². The zero-order valence-corrected chi connectivity index (χ0v) is 17.8. The van der Waals surface area contributed by atoms with Crippen LogP contribution in [0.5, 0.6) is 0 Å². The Bertz CT molecular complexity index is 1110. The molecule has 0 radical (unpaired) electrons. The van der Waals surface area contributed by atoms with Crippen molar-refractivity contribution in [1.29, 1.82) is 0 Å². The fraction of sp³-hybridized carbons (Fsp3) is 0.286. The number of carbonyl (C=O) groups is 1. The van der Waals surface area contributed by atoms with E-state index in [9.17, 15) is 13.2 Å². The van der Waals surface area contributed by atoms with E-state index < -0.39 is 10.0 Å². The SMILES string of the molecule is CCCCN(C)C(=O)c1nc(Cc2ccccc2)n(-c2ccc(S(N)(=O)=O)cc2)n1. The van der Waals surface area contributed by atoms with Gasteiger partial charge in [-0.3, -0.25) is 4.79 Å². The van der Waals surface area contributed by atoms with Gasteiger partial charge in [0, 0.05) is 20.0 Å². The van der Waals surface area contributed by atoms with E-state index in [0.717, 1.165) is 18.4 Å². The molecule has 9 heteroatoms. The number of amides is 1. The normalized spacial score (nSPS) is 11.4. The number of aromatic nitrogens is 3. The second kappa shape index (κ2) is 9.19. The second-order valence-electron chi connectivity index (χ2n) is 7.04. The standard InChI is InChI=1S/C21H25N5O3S/c1-3-4-14-25(2)21(27)20-23-19(15-16-8-6-5-7-9-16)26(24-20)17-10-12-18(13-11-17)30(22,28)29/h5-13H,3-4,14-15H2,1-2H3,(H2,22,28,29). The van der Waals surface area contributed by atoms with Crippen LogP contribution in [0.15, 0.2) is 59.5 Å². The molecule has 0 fully saturated rings. The second-order valence-corrected chi connectivity index (χ2v) is 8.61. The van der Waals surface area contributed by atoms with Crippen molar-refractivity contribution in [2.75, 3.05) is 13.6 Å². The van der Waals surface area contributed by atoms with Crippen molar-refractivity contribution >= 4 is 15.9 Å². The number of nitrogens with two attached hydrogens (primary N) is 1. The first-order valence-electron chi connectivity index (χ1n) is 9.68. The van der Waals surface area contributed by atoms with Crippen LogP contribution >= 0.6 is 0 Å². The Kier molecular flexibility index (Phi) is 6.63. The summed E-state index contributed by atoms with van der Waals surface area (Å²) < 4.78 is 24.6. The maximum Gasteiger partial charge on any atom is 0.293 e. The predicted molar refractivity (Wildman–Crippen MR) is 114 cm³/mol. The predicted octanol–water partition coefficient (Wildman–Crippen LogP) is 2.38. The summed E-state index contributed by atoms with van der Waals surface area (Å²) in [7, 11) is -2.06. The molecule has 0 aliphatic rings. The molecule has 0 aliphatic heterocycles. The number of nitrogens with zero attached hydrogens (tertiary/aromatic N) is 4. The molecule has 0 bridgehead atoms. The molecule has 0 spiro atoms. The fourth-order valence-electron chi connectivity index (χ4n) is 2.98. The fourth-order valence-corrected chi connectivity index (χ4v) is 3.49. The molecule has 158 valence electrons. The Balaban J connectivity index is 1.99. The summed E-state index contributed by atoms with van der Waals surface area (Å²) in [5, 5.41) is 9.61. The molecule has 2 aromatic carbocycles. The number of primary sulfonamides is 1. The summed E-state index contributed by atoms with van der Waals surface area (Å²) in [6.45, 7) is 2.69. The Morgan fingerprint density at radius 1 is 1.10 bits per heavy atom. The highest BCUT2D eigenvalue weighted by atomic mass is 32.2. The van der Waals surface area contributed by atoms with E-state index in [1.54, 1.807) is 28.8 Å². The Hall–Kier alpha value is -3.04. The third kappa shape index (κ3) is 5.11. The number of carbonyl (C=O) groups excluding carboxylic acids is 1. The Morgan fingerprint density at radius 3 is 2.37 bits per heavy atom. The molecule has 2 N–H and O–H groups in total. The lowest BCUT2D eigenvalue weighted by atomic mass is 10.1. The molecule has 1 aromatic heterocycles. The van der Waals surface area contributed by atoms with Gasteiger partial charge in [0.1, 0.15) is 5.82 Å². The summed E-state index contributed by atoms with van der Waals surface area (Å²) in [5.41, 5.74) is 1.61. The number of unbranched alkanes of at least 4 members (excludes halogenated alkanes) is 1. The van der Waals surface area contributed by atoms with E-state index in [0.29, 0.717) is 24.5 Å².